The molecule has 1 aromatic carbocycles. The van der Waals surface area contributed by atoms with E-state index in [1.54, 1.807) is 0 Å². The van der Waals surface area contributed by atoms with Gasteiger partial charge in [-0.1, -0.05) is 0 Å². The SMILES string of the molecule is Cc1cc(C)nc(Nc2ccc(NC(=O)Cn3c(C)cc(=O)cc3C)cc2)n1. The molecule has 0 unspecified atom stereocenters. The average molecular weight is 377 g/mol. The maximum atomic E-state index is 12.4. The van der Waals surface area contributed by atoms with E-state index in [4.69, 9.17) is 0 Å². The fraction of sp³-hybridized carbons (Fsp3) is 0.238. The van der Waals surface area contributed by atoms with Gasteiger partial charge in [0.15, 0.2) is 5.43 Å². The first-order chi connectivity index (χ1) is 13.3. The number of aryl methyl sites for hydroxylation is 4. The van der Waals surface area contributed by atoms with Crippen molar-refractivity contribution in [3.8, 4) is 0 Å². The Morgan fingerprint density at radius 2 is 1.43 bits per heavy atom. The molecule has 2 heterocycles. The summed E-state index contributed by atoms with van der Waals surface area (Å²) in [7, 11) is 0. The van der Waals surface area contributed by atoms with Gasteiger partial charge in [0, 0.05) is 46.3 Å². The minimum atomic E-state index is -0.159. The van der Waals surface area contributed by atoms with Gasteiger partial charge in [-0.05, 0) is 58.0 Å². The zero-order valence-electron chi connectivity index (χ0n) is 16.4. The van der Waals surface area contributed by atoms with Gasteiger partial charge >= 0.3 is 0 Å². The standard InChI is InChI=1S/C21H23N5O2/c1-13-9-14(2)23-21(22-13)25-18-7-5-17(6-8-18)24-20(28)12-26-15(3)10-19(27)11-16(26)4/h5-11H,12H2,1-4H3,(H,24,28)(H,22,23,25). The zero-order valence-corrected chi connectivity index (χ0v) is 16.4. The molecule has 0 aliphatic rings. The van der Waals surface area contributed by atoms with E-state index >= 15 is 0 Å². The Labute approximate surface area is 163 Å². The van der Waals surface area contributed by atoms with Crippen molar-refractivity contribution in [1.29, 1.82) is 0 Å². The van der Waals surface area contributed by atoms with Crippen molar-refractivity contribution in [2.24, 2.45) is 0 Å². The van der Waals surface area contributed by atoms with Crippen LogP contribution in [-0.2, 0) is 11.3 Å². The highest BCUT2D eigenvalue weighted by Gasteiger charge is 2.08. The Kier molecular flexibility index (Phi) is 5.54. The molecule has 144 valence electrons. The quantitative estimate of drug-likeness (QED) is 0.712. The monoisotopic (exact) mass is 377 g/mol. The smallest absolute Gasteiger partial charge is 0.244 e. The maximum absolute atomic E-state index is 12.4. The van der Waals surface area contributed by atoms with E-state index in [0.717, 1.165) is 28.5 Å². The van der Waals surface area contributed by atoms with Gasteiger partial charge in [-0.25, -0.2) is 9.97 Å². The average Bonchev–Trinajstić information content (AvgIpc) is 2.59. The van der Waals surface area contributed by atoms with Gasteiger partial charge < -0.3 is 15.2 Å². The number of anilines is 3. The molecule has 0 bridgehead atoms. The Balaban J connectivity index is 1.65. The summed E-state index contributed by atoms with van der Waals surface area (Å²) < 4.78 is 1.81. The predicted molar refractivity (Wildman–Crippen MR) is 110 cm³/mol. The van der Waals surface area contributed by atoms with Gasteiger partial charge in [0.2, 0.25) is 11.9 Å². The molecule has 0 aliphatic heterocycles. The number of benzene rings is 1. The number of rotatable bonds is 5. The molecular formula is C21H23N5O2. The minimum absolute atomic E-state index is 0.0532. The highest BCUT2D eigenvalue weighted by molar-refractivity contribution is 5.90. The molecule has 3 aromatic rings. The van der Waals surface area contributed by atoms with Crippen LogP contribution in [0.15, 0.2) is 47.3 Å². The van der Waals surface area contributed by atoms with E-state index in [-0.39, 0.29) is 17.9 Å². The van der Waals surface area contributed by atoms with Gasteiger partial charge in [-0.2, -0.15) is 0 Å². The number of aromatic nitrogens is 3. The highest BCUT2D eigenvalue weighted by Crippen LogP contribution is 2.17. The van der Waals surface area contributed by atoms with Gasteiger partial charge in [0.25, 0.3) is 0 Å². The Bertz CT molecular complexity index is 1020. The lowest BCUT2D eigenvalue weighted by Gasteiger charge is -2.14. The lowest BCUT2D eigenvalue weighted by molar-refractivity contribution is -0.116. The van der Waals surface area contributed by atoms with Crippen LogP contribution in [0.25, 0.3) is 0 Å². The molecular weight excluding hydrogens is 354 g/mol. The molecule has 1 amide bonds. The summed E-state index contributed by atoms with van der Waals surface area (Å²) in [5, 5.41) is 6.03. The Morgan fingerprint density at radius 1 is 0.893 bits per heavy atom. The van der Waals surface area contributed by atoms with Crippen LogP contribution in [0.1, 0.15) is 22.8 Å². The third-order valence-corrected chi connectivity index (χ3v) is 4.26. The van der Waals surface area contributed by atoms with Crippen LogP contribution in [0.4, 0.5) is 17.3 Å². The van der Waals surface area contributed by atoms with Crippen LogP contribution in [0, 0.1) is 27.7 Å². The van der Waals surface area contributed by atoms with E-state index in [1.807, 2.05) is 62.6 Å². The maximum Gasteiger partial charge on any atom is 0.244 e. The molecule has 7 nitrogen and oxygen atoms in total. The molecule has 2 N–H and O–H groups in total. The van der Waals surface area contributed by atoms with Crippen molar-refractivity contribution < 1.29 is 4.79 Å². The topological polar surface area (TPSA) is 88.9 Å². The molecule has 0 atom stereocenters. The van der Waals surface area contributed by atoms with Crippen molar-refractivity contribution in [2.45, 2.75) is 34.2 Å². The number of carbonyl (C=O) groups excluding carboxylic acids is 1. The first-order valence-corrected chi connectivity index (χ1v) is 8.97. The van der Waals surface area contributed by atoms with E-state index in [9.17, 15) is 9.59 Å². The molecule has 3 rings (SSSR count). The third-order valence-electron chi connectivity index (χ3n) is 4.26. The van der Waals surface area contributed by atoms with E-state index in [1.165, 1.54) is 12.1 Å². The molecule has 0 fully saturated rings. The number of hydrogen-bond acceptors (Lipinski definition) is 5. The summed E-state index contributed by atoms with van der Waals surface area (Å²) in [6.07, 6.45) is 0. The third kappa shape index (κ3) is 4.82. The number of hydrogen-bond donors (Lipinski definition) is 2. The first-order valence-electron chi connectivity index (χ1n) is 8.97. The van der Waals surface area contributed by atoms with E-state index in [2.05, 4.69) is 20.6 Å². The second-order valence-corrected chi connectivity index (χ2v) is 6.78. The van der Waals surface area contributed by atoms with Crippen molar-refractivity contribution in [1.82, 2.24) is 14.5 Å². The summed E-state index contributed by atoms with van der Waals surface area (Å²) in [5.41, 5.74) is 4.77. The van der Waals surface area contributed by atoms with Crippen LogP contribution in [-0.4, -0.2) is 20.4 Å². The number of nitrogens with one attached hydrogen (secondary N) is 2. The second kappa shape index (κ2) is 8.04. The Hall–Kier alpha value is -3.48. The summed E-state index contributed by atoms with van der Waals surface area (Å²) in [4.78, 5) is 32.6. The number of amides is 1. The first kappa shape index (κ1) is 19.3. The molecule has 28 heavy (non-hydrogen) atoms. The molecule has 0 saturated heterocycles. The normalized spacial score (nSPS) is 10.6. The van der Waals surface area contributed by atoms with Crippen LogP contribution in [0.5, 0.6) is 0 Å². The molecule has 2 aromatic heterocycles. The van der Waals surface area contributed by atoms with Gasteiger partial charge in [-0.15, -0.1) is 0 Å². The largest absolute Gasteiger partial charge is 0.340 e. The summed E-state index contributed by atoms with van der Waals surface area (Å²) in [6, 6.07) is 12.3. The van der Waals surface area contributed by atoms with Crippen molar-refractivity contribution in [3.05, 3.63) is 75.5 Å². The summed E-state index contributed by atoms with van der Waals surface area (Å²) in [5.74, 6) is 0.381. The highest BCUT2D eigenvalue weighted by atomic mass is 16.2. The Morgan fingerprint density at radius 3 is 2.00 bits per heavy atom. The summed E-state index contributed by atoms with van der Waals surface area (Å²) >= 11 is 0. The van der Waals surface area contributed by atoms with Crippen LogP contribution in [0.3, 0.4) is 0 Å². The molecule has 0 saturated carbocycles. The lowest BCUT2D eigenvalue weighted by Crippen LogP contribution is -2.23. The zero-order chi connectivity index (χ0) is 20.3. The molecule has 0 aliphatic carbocycles. The van der Waals surface area contributed by atoms with Gasteiger partial charge in [-0.3, -0.25) is 9.59 Å². The van der Waals surface area contributed by atoms with Crippen molar-refractivity contribution >= 4 is 23.2 Å². The predicted octanol–water partition coefficient (Wildman–Crippen LogP) is 3.25. The van der Waals surface area contributed by atoms with Crippen LogP contribution in [0.2, 0.25) is 0 Å². The fourth-order valence-electron chi connectivity index (χ4n) is 3.03. The number of carbonyl (C=O) groups is 1. The van der Waals surface area contributed by atoms with Crippen molar-refractivity contribution in [2.75, 3.05) is 10.6 Å². The molecule has 7 heteroatoms. The van der Waals surface area contributed by atoms with Gasteiger partial charge in [0.05, 0.1) is 0 Å². The lowest BCUT2D eigenvalue weighted by atomic mass is 10.2. The van der Waals surface area contributed by atoms with E-state index in [0.29, 0.717) is 11.6 Å². The number of pyridine rings is 1. The van der Waals surface area contributed by atoms with Crippen LogP contribution < -0.4 is 16.1 Å². The van der Waals surface area contributed by atoms with Crippen molar-refractivity contribution in [3.63, 3.8) is 0 Å². The summed E-state index contributed by atoms with van der Waals surface area (Å²) in [6.45, 7) is 7.62. The second-order valence-electron chi connectivity index (χ2n) is 6.78. The number of nitrogens with zero attached hydrogens (tertiary/aromatic N) is 3. The minimum Gasteiger partial charge on any atom is -0.340 e. The molecule has 0 spiro atoms. The fourth-order valence-corrected chi connectivity index (χ4v) is 3.03. The van der Waals surface area contributed by atoms with Crippen LogP contribution >= 0.6 is 0 Å². The molecule has 0 radical (unpaired) electrons. The van der Waals surface area contributed by atoms with Gasteiger partial charge in [0.1, 0.15) is 6.54 Å². The van der Waals surface area contributed by atoms with E-state index < -0.39 is 0 Å².